The summed E-state index contributed by atoms with van der Waals surface area (Å²) in [5.41, 5.74) is 0. The van der Waals surface area contributed by atoms with Crippen LogP contribution in [-0.4, -0.2) is 43.5 Å². The van der Waals surface area contributed by atoms with Gasteiger partial charge in [0.2, 0.25) is 5.91 Å². The summed E-state index contributed by atoms with van der Waals surface area (Å²) in [5, 5.41) is 9.16. The van der Waals surface area contributed by atoms with Crippen molar-refractivity contribution in [2.24, 2.45) is 5.92 Å². The van der Waals surface area contributed by atoms with E-state index in [4.69, 9.17) is 0 Å². The molecule has 1 aliphatic heterocycles. The van der Waals surface area contributed by atoms with Gasteiger partial charge in [-0.1, -0.05) is 6.92 Å². The highest BCUT2D eigenvalue weighted by Crippen LogP contribution is 2.16. The Bertz CT molecular complexity index is 347. The molecule has 1 unspecified atom stereocenters. The highest BCUT2D eigenvalue weighted by atomic mass is 32.1. The zero-order chi connectivity index (χ0) is 12.1. The molecule has 0 radical (unpaired) electrons. The SMILES string of the molecule is CC(CN1CCNCC1)C(=O)Nc1cccs1. The van der Waals surface area contributed by atoms with E-state index in [9.17, 15) is 4.79 Å². The van der Waals surface area contributed by atoms with Gasteiger partial charge in [0.05, 0.1) is 5.00 Å². The molecular weight excluding hydrogens is 234 g/mol. The summed E-state index contributed by atoms with van der Waals surface area (Å²) >= 11 is 1.56. The lowest BCUT2D eigenvalue weighted by atomic mass is 10.1. The van der Waals surface area contributed by atoms with Crippen molar-refractivity contribution >= 4 is 22.2 Å². The quantitative estimate of drug-likeness (QED) is 0.848. The summed E-state index contributed by atoms with van der Waals surface area (Å²) < 4.78 is 0. The van der Waals surface area contributed by atoms with Crippen LogP contribution in [0.15, 0.2) is 17.5 Å². The molecule has 0 aromatic carbocycles. The Labute approximate surface area is 106 Å². The Morgan fingerprint density at radius 3 is 3.00 bits per heavy atom. The molecule has 4 nitrogen and oxygen atoms in total. The third kappa shape index (κ3) is 3.80. The second-order valence-corrected chi connectivity index (χ2v) is 5.37. The van der Waals surface area contributed by atoms with Crippen molar-refractivity contribution in [2.75, 3.05) is 38.0 Å². The molecule has 0 spiro atoms. The zero-order valence-electron chi connectivity index (χ0n) is 10.1. The normalized spacial score (nSPS) is 18.9. The van der Waals surface area contributed by atoms with Gasteiger partial charge in [0.1, 0.15) is 0 Å². The Morgan fingerprint density at radius 2 is 2.35 bits per heavy atom. The number of thiophene rings is 1. The Balaban J connectivity index is 1.78. The molecule has 17 heavy (non-hydrogen) atoms. The summed E-state index contributed by atoms with van der Waals surface area (Å²) in [6.07, 6.45) is 0. The second-order valence-electron chi connectivity index (χ2n) is 4.42. The molecule has 1 aromatic heterocycles. The number of anilines is 1. The first-order valence-corrected chi connectivity index (χ1v) is 6.91. The van der Waals surface area contributed by atoms with Gasteiger partial charge >= 0.3 is 0 Å². The van der Waals surface area contributed by atoms with E-state index in [1.807, 2.05) is 24.4 Å². The molecule has 1 atom stereocenters. The van der Waals surface area contributed by atoms with Crippen molar-refractivity contribution in [3.8, 4) is 0 Å². The maximum atomic E-state index is 11.9. The minimum absolute atomic E-state index is 0.0372. The summed E-state index contributed by atoms with van der Waals surface area (Å²) in [6, 6.07) is 3.88. The van der Waals surface area contributed by atoms with Crippen LogP contribution in [0.2, 0.25) is 0 Å². The van der Waals surface area contributed by atoms with Crippen LogP contribution in [0.25, 0.3) is 0 Å². The van der Waals surface area contributed by atoms with Crippen molar-refractivity contribution in [2.45, 2.75) is 6.92 Å². The second kappa shape index (κ2) is 6.14. The molecule has 5 heteroatoms. The van der Waals surface area contributed by atoms with Crippen molar-refractivity contribution < 1.29 is 4.79 Å². The van der Waals surface area contributed by atoms with Gasteiger partial charge in [-0.05, 0) is 17.5 Å². The van der Waals surface area contributed by atoms with Crippen LogP contribution in [0.3, 0.4) is 0 Å². The standard InChI is InChI=1S/C12H19N3OS/c1-10(9-15-6-4-13-5-7-15)12(16)14-11-3-2-8-17-11/h2-3,8,10,13H,4-7,9H2,1H3,(H,14,16). The van der Waals surface area contributed by atoms with E-state index < -0.39 is 0 Å². The Hall–Kier alpha value is -0.910. The monoisotopic (exact) mass is 253 g/mol. The third-order valence-corrected chi connectivity index (χ3v) is 3.74. The van der Waals surface area contributed by atoms with Crippen LogP contribution in [-0.2, 0) is 4.79 Å². The first-order chi connectivity index (χ1) is 8.25. The summed E-state index contributed by atoms with van der Waals surface area (Å²) in [5.74, 6) is 0.154. The first kappa shape index (κ1) is 12.5. The highest BCUT2D eigenvalue weighted by molar-refractivity contribution is 7.14. The van der Waals surface area contributed by atoms with Gasteiger partial charge in [-0.15, -0.1) is 11.3 Å². The molecule has 0 bridgehead atoms. The number of hydrogen-bond acceptors (Lipinski definition) is 4. The molecule has 0 aliphatic carbocycles. The molecule has 1 aliphatic rings. The largest absolute Gasteiger partial charge is 0.317 e. The van der Waals surface area contributed by atoms with E-state index in [2.05, 4.69) is 15.5 Å². The summed E-state index contributed by atoms with van der Waals surface area (Å²) in [7, 11) is 0. The number of rotatable bonds is 4. The number of hydrogen-bond donors (Lipinski definition) is 2. The van der Waals surface area contributed by atoms with Gasteiger partial charge in [-0.25, -0.2) is 0 Å². The van der Waals surface area contributed by atoms with Gasteiger partial charge in [0.15, 0.2) is 0 Å². The smallest absolute Gasteiger partial charge is 0.229 e. The van der Waals surface area contributed by atoms with Crippen LogP contribution in [0.1, 0.15) is 6.92 Å². The van der Waals surface area contributed by atoms with Crippen LogP contribution in [0.5, 0.6) is 0 Å². The lowest BCUT2D eigenvalue weighted by Crippen LogP contribution is -2.46. The molecule has 2 N–H and O–H groups in total. The van der Waals surface area contributed by atoms with Gasteiger partial charge in [-0.3, -0.25) is 4.79 Å². The topological polar surface area (TPSA) is 44.4 Å². The minimum Gasteiger partial charge on any atom is -0.317 e. The Morgan fingerprint density at radius 1 is 1.59 bits per heavy atom. The zero-order valence-corrected chi connectivity index (χ0v) is 10.9. The average Bonchev–Trinajstić information content (AvgIpc) is 2.83. The highest BCUT2D eigenvalue weighted by Gasteiger charge is 2.18. The van der Waals surface area contributed by atoms with Gasteiger partial charge in [0.25, 0.3) is 0 Å². The molecule has 1 aromatic rings. The maximum Gasteiger partial charge on any atom is 0.229 e. The fraction of sp³-hybridized carbons (Fsp3) is 0.583. The van der Waals surface area contributed by atoms with E-state index in [0.29, 0.717) is 0 Å². The third-order valence-electron chi connectivity index (χ3n) is 2.96. The van der Waals surface area contributed by atoms with Crippen LogP contribution in [0, 0.1) is 5.92 Å². The maximum absolute atomic E-state index is 11.9. The van der Waals surface area contributed by atoms with Gasteiger partial charge in [-0.2, -0.15) is 0 Å². The van der Waals surface area contributed by atoms with Gasteiger partial charge < -0.3 is 15.5 Å². The number of carbonyl (C=O) groups is 1. The van der Waals surface area contributed by atoms with E-state index >= 15 is 0 Å². The molecule has 0 saturated carbocycles. The average molecular weight is 253 g/mol. The number of carbonyl (C=O) groups excluding carboxylic acids is 1. The molecule has 1 amide bonds. The predicted octanol–water partition coefficient (Wildman–Crippen LogP) is 1.23. The van der Waals surface area contributed by atoms with Crippen molar-refractivity contribution in [1.82, 2.24) is 10.2 Å². The number of amides is 1. The van der Waals surface area contributed by atoms with Crippen molar-refractivity contribution in [3.63, 3.8) is 0 Å². The minimum atomic E-state index is 0.0372. The number of piperazine rings is 1. The molecule has 94 valence electrons. The Kier molecular flexibility index (Phi) is 4.53. The lowest BCUT2D eigenvalue weighted by Gasteiger charge is -2.29. The van der Waals surface area contributed by atoms with Crippen LogP contribution < -0.4 is 10.6 Å². The van der Waals surface area contributed by atoms with E-state index in [-0.39, 0.29) is 11.8 Å². The molecule has 2 rings (SSSR count). The first-order valence-electron chi connectivity index (χ1n) is 6.03. The number of nitrogens with zero attached hydrogens (tertiary/aromatic N) is 1. The van der Waals surface area contributed by atoms with E-state index in [0.717, 1.165) is 37.7 Å². The van der Waals surface area contributed by atoms with Crippen molar-refractivity contribution in [3.05, 3.63) is 17.5 Å². The fourth-order valence-electron chi connectivity index (χ4n) is 1.96. The van der Waals surface area contributed by atoms with E-state index in [1.54, 1.807) is 11.3 Å². The molecule has 1 saturated heterocycles. The molecule has 1 fully saturated rings. The summed E-state index contributed by atoms with van der Waals surface area (Å²) in [6.45, 7) is 6.97. The predicted molar refractivity (Wildman–Crippen MR) is 71.4 cm³/mol. The van der Waals surface area contributed by atoms with Crippen LogP contribution >= 0.6 is 11.3 Å². The molecule has 2 heterocycles. The molecular formula is C12H19N3OS. The fourth-order valence-corrected chi connectivity index (χ4v) is 2.58. The van der Waals surface area contributed by atoms with Crippen LogP contribution in [0.4, 0.5) is 5.00 Å². The number of nitrogens with one attached hydrogen (secondary N) is 2. The van der Waals surface area contributed by atoms with Gasteiger partial charge in [0, 0.05) is 38.6 Å². The lowest BCUT2D eigenvalue weighted by molar-refractivity contribution is -0.120. The van der Waals surface area contributed by atoms with E-state index in [1.165, 1.54) is 0 Å². The van der Waals surface area contributed by atoms with Crippen molar-refractivity contribution in [1.29, 1.82) is 0 Å². The summed E-state index contributed by atoms with van der Waals surface area (Å²) in [4.78, 5) is 14.3.